The largest absolute Gasteiger partial charge is 0.508 e. The normalized spacial score (nSPS) is 11.5. The summed E-state index contributed by atoms with van der Waals surface area (Å²) in [5, 5.41) is 18.2. The van der Waals surface area contributed by atoms with Gasteiger partial charge < -0.3 is 10.4 Å². The van der Waals surface area contributed by atoms with Crippen molar-refractivity contribution in [1.82, 2.24) is 15.1 Å². The average Bonchev–Trinajstić information content (AvgIpc) is 2.58. The van der Waals surface area contributed by atoms with Crippen LogP contribution in [0.25, 0.3) is 10.9 Å². The summed E-state index contributed by atoms with van der Waals surface area (Å²) in [5.41, 5.74) is 2.04. The number of benzene rings is 1. The zero-order valence-corrected chi connectivity index (χ0v) is 9.86. The van der Waals surface area contributed by atoms with E-state index in [2.05, 4.69) is 24.3 Å². The van der Waals surface area contributed by atoms with Gasteiger partial charge in [0.15, 0.2) is 0 Å². The summed E-state index contributed by atoms with van der Waals surface area (Å²) in [5.74, 6) is 0.285. The van der Waals surface area contributed by atoms with Crippen molar-refractivity contribution in [3.63, 3.8) is 0 Å². The van der Waals surface area contributed by atoms with Crippen LogP contribution in [-0.4, -0.2) is 21.9 Å². The molecule has 0 amide bonds. The van der Waals surface area contributed by atoms with Crippen molar-refractivity contribution in [2.24, 2.45) is 0 Å². The average molecular weight is 219 g/mol. The van der Waals surface area contributed by atoms with E-state index < -0.39 is 0 Å². The van der Waals surface area contributed by atoms with Crippen molar-refractivity contribution < 1.29 is 5.11 Å². The monoisotopic (exact) mass is 219 g/mol. The number of phenols is 1. The number of aromatic hydroxyl groups is 1. The standard InChI is InChI=1S/C12H17N3O/c1-8(2)15-12(7-13-3)10-6-9(16)4-5-11(10)14-15/h4-6,8,13,16H,7H2,1-3H3. The highest BCUT2D eigenvalue weighted by Gasteiger charge is 2.12. The fourth-order valence-corrected chi connectivity index (χ4v) is 1.91. The van der Waals surface area contributed by atoms with E-state index in [4.69, 9.17) is 0 Å². The lowest BCUT2D eigenvalue weighted by Gasteiger charge is -2.10. The molecule has 4 nitrogen and oxygen atoms in total. The second-order valence-electron chi connectivity index (χ2n) is 4.22. The molecule has 86 valence electrons. The maximum atomic E-state index is 9.51. The number of nitrogens with one attached hydrogen (secondary N) is 1. The Morgan fingerprint density at radius 3 is 2.81 bits per heavy atom. The number of hydrogen-bond donors (Lipinski definition) is 2. The fraction of sp³-hybridized carbons (Fsp3) is 0.417. The van der Waals surface area contributed by atoms with E-state index in [1.54, 1.807) is 12.1 Å². The highest BCUT2D eigenvalue weighted by atomic mass is 16.3. The van der Waals surface area contributed by atoms with Crippen molar-refractivity contribution in [3.05, 3.63) is 23.9 Å². The summed E-state index contributed by atoms with van der Waals surface area (Å²) >= 11 is 0. The summed E-state index contributed by atoms with van der Waals surface area (Å²) in [6.45, 7) is 4.95. The first-order valence-electron chi connectivity index (χ1n) is 5.48. The molecule has 4 heteroatoms. The Hall–Kier alpha value is -1.55. The molecule has 1 aromatic heterocycles. The van der Waals surface area contributed by atoms with E-state index in [0.29, 0.717) is 6.04 Å². The predicted octanol–water partition coefficient (Wildman–Crippen LogP) is 2.04. The molecule has 2 rings (SSSR count). The Bertz CT molecular complexity index is 502. The van der Waals surface area contributed by atoms with Gasteiger partial charge in [-0.2, -0.15) is 5.10 Å². The number of fused-ring (bicyclic) bond motifs is 1. The maximum absolute atomic E-state index is 9.51. The summed E-state index contributed by atoms with van der Waals surface area (Å²) in [4.78, 5) is 0. The maximum Gasteiger partial charge on any atom is 0.116 e. The van der Waals surface area contributed by atoms with Crippen molar-refractivity contribution in [1.29, 1.82) is 0 Å². The lowest BCUT2D eigenvalue weighted by Crippen LogP contribution is -2.13. The van der Waals surface area contributed by atoms with Crippen LogP contribution in [0.2, 0.25) is 0 Å². The summed E-state index contributed by atoms with van der Waals surface area (Å²) in [6.07, 6.45) is 0. The highest BCUT2D eigenvalue weighted by Crippen LogP contribution is 2.25. The molecular weight excluding hydrogens is 202 g/mol. The van der Waals surface area contributed by atoms with Gasteiger partial charge in [-0.05, 0) is 39.1 Å². The molecule has 2 aromatic rings. The second kappa shape index (κ2) is 4.14. The highest BCUT2D eigenvalue weighted by molar-refractivity contribution is 5.83. The van der Waals surface area contributed by atoms with Crippen LogP contribution in [0.15, 0.2) is 18.2 Å². The third-order valence-electron chi connectivity index (χ3n) is 2.62. The Balaban J connectivity index is 2.67. The Morgan fingerprint density at radius 1 is 1.44 bits per heavy atom. The van der Waals surface area contributed by atoms with Crippen LogP contribution >= 0.6 is 0 Å². The van der Waals surface area contributed by atoms with E-state index in [0.717, 1.165) is 23.1 Å². The van der Waals surface area contributed by atoms with E-state index in [9.17, 15) is 5.11 Å². The molecule has 0 radical (unpaired) electrons. The van der Waals surface area contributed by atoms with Gasteiger partial charge in [0.1, 0.15) is 5.75 Å². The lowest BCUT2D eigenvalue weighted by molar-refractivity contribution is 0.476. The first kappa shape index (κ1) is 11.0. The lowest BCUT2D eigenvalue weighted by atomic mass is 10.2. The Kier molecular flexibility index (Phi) is 2.83. The first-order chi connectivity index (χ1) is 7.63. The zero-order valence-electron chi connectivity index (χ0n) is 9.86. The molecule has 1 aromatic carbocycles. The SMILES string of the molecule is CNCc1c2cc(O)ccc2nn1C(C)C. The van der Waals surface area contributed by atoms with Crippen LogP contribution in [0.1, 0.15) is 25.6 Å². The molecular formula is C12H17N3O. The summed E-state index contributed by atoms with van der Waals surface area (Å²) < 4.78 is 2.00. The molecule has 0 aliphatic heterocycles. The topological polar surface area (TPSA) is 50.1 Å². The van der Waals surface area contributed by atoms with Gasteiger partial charge in [-0.3, -0.25) is 4.68 Å². The number of aromatic nitrogens is 2. The quantitative estimate of drug-likeness (QED) is 0.830. The Morgan fingerprint density at radius 2 is 2.19 bits per heavy atom. The Labute approximate surface area is 94.9 Å². The minimum Gasteiger partial charge on any atom is -0.508 e. The molecule has 0 spiro atoms. The van der Waals surface area contributed by atoms with Gasteiger partial charge in [0.2, 0.25) is 0 Å². The smallest absolute Gasteiger partial charge is 0.116 e. The molecule has 0 fully saturated rings. The molecule has 0 atom stereocenters. The summed E-state index contributed by atoms with van der Waals surface area (Å²) in [6, 6.07) is 5.61. The molecule has 2 N–H and O–H groups in total. The van der Waals surface area contributed by atoms with Crippen LogP contribution in [-0.2, 0) is 6.54 Å². The van der Waals surface area contributed by atoms with Crippen molar-refractivity contribution in [2.75, 3.05) is 7.05 Å². The molecule has 1 heterocycles. The van der Waals surface area contributed by atoms with E-state index in [1.807, 2.05) is 17.8 Å². The van der Waals surface area contributed by atoms with Gasteiger partial charge in [-0.25, -0.2) is 0 Å². The molecule has 0 saturated heterocycles. The van der Waals surface area contributed by atoms with Crippen LogP contribution in [0.3, 0.4) is 0 Å². The van der Waals surface area contributed by atoms with E-state index >= 15 is 0 Å². The second-order valence-corrected chi connectivity index (χ2v) is 4.22. The van der Waals surface area contributed by atoms with Gasteiger partial charge >= 0.3 is 0 Å². The van der Waals surface area contributed by atoms with Crippen LogP contribution in [0.5, 0.6) is 5.75 Å². The third-order valence-corrected chi connectivity index (χ3v) is 2.62. The van der Waals surface area contributed by atoms with Crippen LogP contribution < -0.4 is 5.32 Å². The molecule has 16 heavy (non-hydrogen) atoms. The minimum absolute atomic E-state index is 0.285. The van der Waals surface area contributed by atoms with Crippen LogP contribution in [0, 0.1) is 0 Å². The van der Waals surface area contributed by atoms with Crippen LogP contribution in [0.4, 0.5) is 0 Å². The zero-order chi connectivity index (χ0) is 11.7. The summed E-state index contributed by atoms with van der Waals surface area (Å²) in [7, 11) is 1.91. The number of rotatable bonds is 3. The van der Waals surface area contributed by atoms with Gasteiger partial charge in [-0.1, -0.05) is 0 Å². The predicted molar refractivity (Wildman–Crippen MR) is 64.5 cm³/mol. The molecule has 0 aliphatic carbocycles. The molecule has 0 saturated carbocycles. The minimum atomic E-state index is 0.285. The van der Waals surface area contributed by atoms with Gasteiger partial charge in [0.05, 0.1) is 11.2 Å². The number of hydrogen-bond acceptors (Lipinski definition) is 3. The van der Waals surface area contributed by atoms with Crippen molar-refractivity contribution >= 4 is 10.9 Å². The first-order valence-corrected chi connectivity index (χ1v) is 5.48. The van der Waals surface area contributed by atoms with Gasteiger partial charge in [-0.15, -0.1) is 0 Å². The number of phenolic OH excluding ortho intramolecular Hbond substituents is 1. The number of nitrogens with zero attached hydrogens (tertiary/aromatic N) is 2. The van der Waals surface area contributed by atoms with E-state index in [-0.39, 0.29) is 5.75 Å². The van der Waals surface area contributed by atoms with Crippen molar-refractivity contribution in [3.8, 4) is 5.75 Å². The van der Waals surface area contributed by atoms with Gasteiger partial charge in [0, 0.05) is 18.0 Å². The molecule has 0 aliphatic rings. The van der Waals surface area contributed by atoms with Crippen molar-refractivity contribution in [2.45, 2.75) is 26.4 Å². The van der Waals surface area contributed by atoms with E-state index in [1.165, 1.54) is 0 Å². The molecule has 0 bridgehead atoms. The fourth-order valence-electron chi connectivity index (χ4n) is 1.91. The third kappa shape index (κ3) is 1.76. The van der Waals surface area contributed by atoms with Gasteiger partial charge in [0.25, 0.3) is 0 Å². The molecule has 0 unspecified atom stereocenters.